The quantitative estimate of drug-likeness (QED) is 0.400. The van der Waals surface area contributed by atoms with Crippen LogP contribution in [0.5, 0.6) is 11.5 Å². The summed E-state index contributed by atoms with van der Waals surface area (Å²) < 4.78 is 40.4. The lowest BCUT2D eigenvalue weighted by Gasteiger charge is -2.10. The molecule has 0 atom stereocenters. The maximum absolute atomic E-state index is 13.0. The van der Waals surface area contributed by atoms with Gasteiger partial charge in [-0.15, -0.1) is 5.10 Å². The first-order chi connectivity index (χ1) is 15.1. The summed E-state index contributed by atoms with van der Waals surface area (Å²) >= 11 is 0. The van der Waals surface area contributed by atoms with E-state index in [0.717, 1.165) is 17.7 Å². The normalized spacial score (nSPS) is 11.8. The minimum Gasteiger partial charge on any atom is -0.507 e. The van der Waals surface area contributed by atoms with Crippen LogP contribution in [0, 0.1) is 0 Å². The first-order valence-corrected chi connectivity index (χ1v) is 9.91. The zero-order chi connectivity index (χ0) is 23.0. The fourth-order valence-corrected chi connectivity index (χ4v) is 3.34. The van der Waals surface area contributed by atoms with Gasteiger partial charge in [0.15, 0.2) is 11.6 Å². The van der Waals surface area contributed by atoms with Gasteiger partial charge in [-0.25, -0.2) is 9.67 Å². The van der Waals surface area contributed by atoms with Crippen molar-refractivity contribution in [2.45, 2.75) is 25.9 Å². The van der Waals surface area contributed by atoms with Crippen molar-refractivity contribution in [3.05, 3.63) is 77.9 Å². The molecule has 8 heteroatoms. The molecule has 0 aliphatic rings. The van der Waals surface area contributed by atoms with E-state index in [4.69, 9.17) is 0 Å². The number of rotatable bonds is 4. The molecule has 0 aliphatic carbocycles. The van der Waals surface area contributed by atoms with Gasteiger partial charge < -0.3 is 10.2 Å². The second kappa shape index (κ2) is 8.03. The Morgan fingerprint density at radius 3 is 2.12 bits per heavy atom. The highest BCUT2D eigenvalue weighted by atomic mass is 19.4. The van der Waals surface area contributed by atoms with Gasteiger partial charge in [0, 0.05) is 0 Å². The van der Waals surface area contributed by atoms with E-state index in [2.05, 4.69) is 23.9 Å². The van der Waals surface area contributed by atoms with Gasteiger partial charge >= 0.3 is 6.18 Å². The minimum absolute atomic E-state index is 0.0249. The molecule has 0 unspecified atom stereocenters. The third-order valence-electron chi connectivity index (χ3n) is 5.12. The molecular formula is C24H20F3N3O2. The molecule has 0 fully saturated rings. The number of aromatic nitrogens is 3. The first-order valence-electron chi connectivity index (χ1n) is 9.91. The van der Waals surface area contributed by atoms with Crippen LogP contribution in [0.15, 0.2) is 66.7 Å². The van der Waals surface area contributed by atoms with Gasteiger partial charge in [0.05, 0.1) is 22.4 Å². The Morgan fingerprint density at radius 1 is 0.844 bits per heavy atom. The zero-order valence-corrected chi connectivity index (χ0v) is 17.3. The van der Waals surface area contributed by atoms with Gasteiger partial charge in [-0.05, 0) is 53.9 Å². The number of phenols is 2. The Hall–Kier alpha value is -3.81. The molecule has 0 saturated carbocycles. The van der Waals surface area contributed by atoms with E-state index in [9.17, 15) is 23.4 Å². The lowest BCUT2D eigenvalue weighted by molar-refractivity contribution is -0.137. The Bertz CT molecular complexity index is 1260. The van der Waals surface area contributed by atoms with Crippen LogP contribution < -0.4 is 0 Å². The smallest absolute Gasteiger partial charge is 0.416 e. The van der Waals surface area contributed by atoms with Crippen LogP contribution in [0.1, 0.15) is 30.9 Å². The first kappa shape index (κ1) is 21.4. The summed E-state index contributed by atoms with van der Waals surface area (Å²) in [6.07, 6.45) is -4.58. The van der Waals surface area contributed by atoms with E-state index in [-0.39, 0.29) is 23.0 Å². The monoisotopic (exact) mass is 439 g/mol. The topological polar surface area (TPSA) is 71.2 Å². The molecular weight excluding hydrogens is 419 g/mol. The third kappa shape index (κ3) is 4.03. The van der Waals surface area contributed by atoms with Crippen LogP contribution in [0.3, 0.4) is 0 Å². The van der Waals surface area contributed by atoms with Crippen molar-refractivity contribution in [3.63, 3.8) is 0 Å². The largest absolute Gasteiger partial charge is 0.507 e. The second-order valence-electron chi connectivity index (χ2n) is 7.66. The molecule has 164 valence electrons. The number of phenolic OH excluding ortho intramolecular Hbond substituents is 2. The van der Waals surface area contributed by atoms with Crippen LogP contribution in [-0.2, 0) is 6.18 Å². The summed E-state index contributed by atoms with van der Waals surface area (Å²) in [6, 6.07) is 16.8. The predicted octanol–water partition coefficient (Wildman–Crippen LogP) is 6.15. The molecule has 5 nitrogen and oxygen atoms in total. The van der Waals surface area contributed by atoms with Crippen molar-refractivity contribution < 1.29 is 23.4 Å². The average molecular weight is 439 g/mol. The molecule has 1 heterocycles. The highest BCUT2D eigenvalue weighted by Crippen LogP contribution is 2.37. The molecule has 0 radical (unpaired) electrons. The molecule has 2 N–H and O–H groups in total. The Kier molecular flexibility index (Phi) is 5.38. The van der Waals surface area contributed by atoms with Crippen molar-refractivity contribution in [2.75, 3.05) is 0 Å². The fourth-order valence-electron chi connectivity index (χ4n) is 3.34. The molecule has 3 aromatic carbocycles. The highest BCUT2D eigenvalue weighted by molar-refractivity contribution is 5.71. The molecule has 0 spiro atoms. The number of nitrogens with zero attached hydrogens (tertiary/aromatic N) is 3. The lowest BCUT2D eigenvalue weighted by Crippen LogP contribution is -2.04. The molecule has 0 amide bonds. The SMILES string of the molecule is CC(C)c1ccc(-n2nc(-c3ccc(C(F)(F)F)cc3O)nc2-c2ccccc2O)cc1. The number of halogens is 3. The number of para-hydroxylation sites is 1. The summed E-state index contributed by atoms with van der Waals surface area (Å²) in [5.41, 5.74) is 1.25. The molecule has 0 saturated heterocycles. The van der Waals surface area contributed by atoms with Crippen LogP contribution in [0.2, 0.25) is 0 Å². The minimum atomic E-state index is -4.58. The maximum atomic E-state index is 13.0. The number of benzene rings is 3. The Morgan fingerprint density at radius 2 is 1.53 bits per heavy atom. The average Bonchev–Trinajstić information content (AvgIpc) is 3.18. The van der Waals surface area contributed by atoms with Crippen LogP contribution in [0.4, 0.5) is 13.2 Å². The van der Waals surface area contributed by atoms with E-state index in [0.29, 0.717) is 23.2 Å². The molecule has 1 aromatic heterocycles. The van der Waals surface area contributed by atoms with Crippen molar-refractivity contribution in [1.82, 2.24) is 14.8 Å². The lowest BCUT2D eigenvalue weighted by atomic mass is 10.0. The van der Waals surface area contributed by atoms with Crippen LogP contribution >= 0.6 is 0 Å². The Balaban J connectivity index is 1.88. The van der Waals surface area contributed by atoms with E-state index in [1.54, 1.807) is 18.2 Å². The van der Waals surface area contributed by atoms with E-state index in [1.165, 1.54) is 10.7 Å². The van der Waals surface area contributed by atoms with Gasteiger partial charge in [0.2, 0.25) is 0 Å². The third-order valence-corrected chi connectivity index (χ3v) is 5.12. The van der Waals surface area contributed by atoms with Gasteiger partial charge in [-0.2, -0.15) is 13.2 Å². The van der Waals surface area contributed by atoms with E-state index < -0.39 is 17.5 Å². The molecule has 4 rings (SSSR count). The standard InChI is InChI=1S/C24H20F3N3O2/c1-14(2)15-7-10-17(11-8-15)30-23(19-5-3-4-6-20(19)31)28-22(29-30)18-12-9-16(13-21(18)32)24(25,26)27/h3-14,31-32H,1-2H3. The summed E-state index contributed by atoms with van der Waals surface area (Å²) in [6.45, 7) is 4.15. The number of alkyl halides is 3. The molecule has 32 heavy (non-hydrogen) atoms. The number of hydrogen-bond donors (Lipinski definition) is 2. The van der Waals surface area contributed by atoms with Crippen molar-refractivity contribution >= 4 is 0 Å². The molecule has 4 aromatic rings. The summed E-state index contributed by atoms with van der Waals surface area (Å²) in [5.74, 6) is 0.0355. The van der Waals surface area contributed by atoms with Gasteiger partial charge in [-0.1, -0.05) is 38.1 Å². The van der Waals surface area contributed by atoms with Gasteiger partial charge in [0.1, 0.15) is 11.5 Å². The van der Waals surface area contributed by atoms with Gasteiger partial charge in [-0.3, -0.25) is 0 Å². The summed E-state index contributed by atoms with van der Waals surface area (Å²) in [7, 11) is 0. The van der Waals surface area contributed by atoms with Crippen molar-refractivity contribution in [3.8, 4) is 40.0 Å². The van der Waals surface area contributed by atoms with E-state index >= 15 is 0 Å². The summed E-state index contributed by atoms with van der Waals surface area (Å²) in [4.78, 5) is 4.45. The number of hydrogen-bond acceptors (Lipinski definition) is 4. The van der Waals surface area contributed by atoms with Crippen molar-refractivity contribution in [1.29, 1.82) is 0 Å². The highest BCUT2D eigenvalue weighted by Gasteiger charge is 2.31. The fraction of sp³-hybridized carbons (Fsp3) is 0.167. The van der Waals surface area contributed by atoms with Crippen molar-refractivity contribution in [2.24, 2.45) is 0 Å². The summed E-state index contributed by atoms with van der Waals surface area (Å²) in [5, 5.41) is 25.1. The predicted molar refractivity (Wildman–Crippen MR) is 115 cm³/mol. The zero-order valence-electron chi connectivity index (χ0n) is 17.3. The second-order valence-corrected chi connectivity index (χ2v) is 7.66. The van der Waals surface area contributed by atoms with Crippen LogP contribution in [-0.4, -0.2) is 25.0 Å². The molecule has 0 bridgehead atoms. The number of aromatic hydroxyl groups is 2. The maximum Gasteiger partial charge on any atom is 0.416 e. The van der Waals surface area contributed by atoms with Crippen LogP contribution in [0.25, 0.3) is 28.5 Å². The van der Waals surface area contributed by atoms with E-state index in [1.807, 2.05) is 24.3 Å². The Labute approximate surface area is 182 Å². The van der Waals surface area contributed by atoms with Gasteiger partial charge in [0.25, 0.3) is 0 Å². The molecule has 0 aliphatic heterocycles.